The van der Waals surface area contributed by atoms with Crippen LogP contribution in [0.3, 0.4) is 0 Å². The highest BCUT2D eigenvalue weighted by molar-refractivity contribution is 6.39. The predicted molar refractivity (Wildman–Crippen MR) is 188 cm³/mol. The first-order chi connectivity index (χ1) is 21.9. The Morgan fingerprint density at radius 2 is 0.477 bits per heavy atom. The first-order valence-corrected chi connectivity index (χ1v) is 15.4. The minimum atomic E-state index is 1.27. The van der Waals surface area contributed by atoms with Gasteiger partial charge >= 0.3 is 0 Å². The fraction of sp³-hybridized carbons (Fsp3) is 0. The number of hydrogen-bond acceptors (Lipinski definition) is 0. The summed E-state index contributed by atoms with van der Waals surface area (Å²) in [6, 6.07) is 58.4. The average molecular weight is 555 g/mol. The van der Waals surface area contributed by atoms with Crippen molar-refractivity contribution in [3.8, 4) is 0 Å². The molecule has 8 aromatic carbocycles. The lowest BCUT2D eigenvalue weighted by atomic mass is 9.86. The Hall–Kier alpha value is -5.72. The van der Waals surface area contributed by atoms with Crippen LogP contribution in [0.1, 0.15) is 33.4 Å². The van der Waals surface area contributed by atoms with Crippen molar-refractivity contribution >= 4 is 65.4 Å². The van der Waals surface area contributed by atoms with E-state index in [4.69, 9.17) is 0 Å². The Kier molecular flexibility index (Phi) is 4.81. The molecule has 0 aliphatic heterocycles. The second-order valence-corrected chi connectivity index (χ2v) is 12.0. The minimum absolute atomic E-state index is 1.27. The van der Waals surface area contributed by atoms with E-state index in [1.165, 1.54) is 98.8 Å². The maximum atomic E-state index is 2.34. The Balaban J connectivity index is 1.45. The van der Waals surface area contributed by atoms with E-state index in [0.29, 0.717) is 0 Å². The van der Waals surface area contributed by atoms with Crippen LogP contribution < -0.4 is 0 Å². The molecule has 2 aliphatic carbocycles. The van der Waals surface area contributed by atoms with E-state index in [0.717, 1.165) is 0 Å². The topological polar surface area (TPSA) is 0 Å². The van der Waals surface area contributed by atoms with Crippen molar-refractivity contribution < 1.29 is 0 Å². The highest BCUT2D eigenvalue weighted by Gasteiger charge is 2.38. The van der Waals surface area contributed by atoms with Crippen molar-refractivity contribution in [2.75, 3.05) is 0 Å². The summed E-state index contributed by atoms with van der Waals surface area (Å²) < 4.78 is 0. The van der Waals surface area contributed by atoms with Crippen molar-refractivity contribution in [2.45, 2.75) is 0 Å². The van der Waals surface area contributed by atoms with Crippen LogP contribution in [0.5, 0.6) is 0 Å². The van der Waals surface area contributed by atoms with Gasteiger partial charge in [0.25, 0.3) is 0 Å². The third kappa shape index (κ3) is 3.12. The van der Waals surface area contributed by atoms with E-state index in [9.17, 15) is 0 Å². The second kappa shape index (κ2) is 8.89. The number of rotatable bonds is 2. The molecule has 0 spiro atoms. The number of benzene rings is 8. The minimum Gasteiger partial charge on any atom is -0.0616 e. The third-order valence-corrected chi connectivity index (χ3v) is 9.72. The van der Waals surface area contributed by atoms with E-state index in [-0.39, 0.29) is 0 Å². The highest BCUT2D eigenvalue weighted by atomic mass is 14.4. The molecule has 0 heteroatoms. The SMILES string of the molecule is c1ccc2c(c1)C1=C(c3c4ccccc4cc4ccccc34)c3ccccc3C1=C2c1c2ccccc2cc2ccccc12. The molecule has 0 radical (unpaired) electrons. The van der Waals surface area contributed by atoms with Crippen LogP contribution in [0.25, 0.3) is 65.4 Å². The summed E-state index contributed by atoms with van der Waals surface area (Å²) in [5.74, 6) is 0. The molecule has 0 fully saturated rings. The van der Waals surface area contributed by atoms with Gasteiger partial charge in [0.2, 0.25) is 0 Å². The van der Waals surface area contributed by atoms with Crippen LogP contribution in [0.4, 0.5) is 0 Å². The zero-order chi connectivity index (χ0) is 28.8. The molecular weight excluding hydrogens is 528 g/mol. The zero-order valence-electron chi connectivity index (χ0n) is 24.0. The lowest BCUT2D eigenvalue weighted by Crippen LogP contribution is -1.95. The predicted octanol–water partition coefficient (Wildman–Crippen LogP) is 11.5. The summed E-state index contributed by atoms with van der Waals surface area (Å²) in [5.41, 5.74) is 13.3. The van der Waals surface area contributed by atoms with Gasteiger partial charge in [-0.05, 0) is 111 Å². The number of fused-ring (bicyclic) bond motifs is 9. The van der Waals surface area contributed by atoms with Gasteiger partial charge in [0.1, 0.15) is 0 Å². The molecule has 0 amide bonds. The zero-order valence-corrected chi connectivity index (χ0v) is 24.0. The first-order valence-electron chi connectivity index (χ1n) is 15.4. The van der Waals surface area contributed by atoms with Gasteiger partial charge in [-0.15, -0.1) is 0 Å². The lowest BCUT2D eigenvalue weighted by molar-refractivity contribution is 1.56. The summed E-state index contributed by atoms with van der Waals surface area (Å²) in [6.07, 6.45) is 0. The van der Waals surface area contributed by atoms with Crippen LogP contribution in [-0.4, -0.2) is 0 Å². The molecule has 0 heterocycles. The van der Waals surface area contributed by atoms with Gasteiger partial charge in [0.15, 0.2) is 0 Å². The molecule has 0 saturated heterocycles. The third-order valence-electron chi connectivity index (χ3n) is 9.72. The molecule has 10 rings (SSSR count). The van der Waals surface area contributed by atoms with E-state index < -0.39 is 0 Å². The van der Waals surface area contributed by atoms with E-state index in [1.54, 1.807) is 0 Å². The van der Waals surface area contributed by atoms with Crippen LogP contribution in [0.15, 0.2) is 158 Å². The van der Waals surface area contributed by atoms with Gasteiger partial charge < -0.3 is 0 Å². The average Bonchev–Trinajstić information content (AvgIpc) is 3.59. The summed E-state index contributed by atoms with van der Waals surface area (Å²) in [4.78, 5) is 0. The quantitative estimate of drug-likeness (QED) is 0.186. The van der Waals surface area contributed by atoms with Crippen molar-refractivity contribution in [1.82, 2.24) is 0 Å². The normalized spacial score (nSPS) is 13.7. The van der Waals surface area contributed by atoms with Crippen LogP contribution >= 0.6 is 0 Å². The molecule has 44 heavy (non-hydrogen) atoms. The second-order valence-electron chi connectivity index (χ2n) is 12.0. The molecule has 202 valence electrons. The Bertz CT molecular complexity index is 2300. The Labute approximate surface area is 255 Å². The fourth-order valence-corrected chi connectivity index (χ4v) is 7.98. The first kappa shape index (κ1) is 23.8. The van der Waals surface area contributed by atoms with E-state index in [1.807, 2.05) is 0 Å². The summed E-state index contributed by atoms with van der Waals surface area (Å²) >= 11 is 0. The maximum absolute atomic E-state index is 2.34. The lowest BCUT2D eigenvalue weighted by Gasteiger charge is -2.17. The van der Waals surface area contributed by atoms with Crippen molar-refractivity contribution in [1.29, 1.82) is 0 Å². The molecule has 0 saturated carbocycles. The number of allylic oxidation sites excluding steroid dienone is 2. The molecule has 0 unspecified atom stereocenters. The smallest absolute Gasteiger partial charge is 0.000718 e. The summed E-state index contributed by atoms with van der Waals surface area (Å²) in [6.45, 7) is 0. The Morgan fingerprint density at radius 3 is 0.795 bits per heavy atom. The van der Waals surface area contributed by atoms with Gasteiger partial charge in [0, 0.05) is 0 Å². The van der Waals surface area contributed by atoms with Gasteiger partial charge in [-0.2, -0.15) is 0 Å². The molecule has 0 N–H and O–H groups in total. The molecule has 0 nitrogen and oxygen atoms in total. The maximum Gasteiger partial charge on any atom is -0.000718 e. The fourth-order valence-electron chi connectivity index (χ4n) is 7.98. The largest absolute Gasteiger partial charge is 0.0616 e. The van der Waals surface area contributed by atoms with Crippen molar-refractivity contribution in [3.63, 3.8) is 0 Å². The molecule has 0 aromatic heterocycles. The summed E-state index contributed by atoms with van der Waals surface area (Å²) in [5, 5.41) is 10.3. The van der Waals surface area contributed by atoms with E-state index >= 15 is 0 Å². The van der Waals surface area contributed by atoms with Crippen LogP contribution in [-0.2, 0) is 0 Å². The van der Waals surface area contributed by atoms with Crippen molar-refractivity contribution in [3.05, 3.63) is 191 Å². The Morgan fingerprint density at radius 1 is 0.227 bits per heavy atom. The molecule has 0 atom stereocenters. The van der Waals surface area contributed by atoms with Gasteiger partial charge in [-0.3, -0.25) is 0 Å². The van der Waals surface area contributed by atoms with Crippen molar-refractivity contribution in [2.24, 2.45) is 0 Å². The molecule has 8 aromatic rings. The summed E-state index contributed by atoms with van der Waals surface area (Å²) in [7, 11) is 0. The van der Waals surface area contributed by atoms with Gasteiger partial charge in [-0.25, -0.2) is 0 Å². The molecule has 0 bridgehead atoms. The molecular formula is C44H26. The van der Waals surface area contributed by atoms with Crippen LogP contribution in [0, 0.1) is 0 Å². The van der Waals surface area contributed by atoms with E-state index in [2.05, 4.69) is 158 Å². The van der Waals surface area contributed by atoms with Crippen LogP contribution in [0.2, 0.25) is 0 Å². The highest BCUT2D eigenvalue weighted by Crippen LogP contribution is 2.60. The van der Waals surface area contributed by atoms with Gasteiger partial charge in [0.05, 0.1) is 0 Å². The number of hydrogen-bond donors (Lipinski definition) is 0. The molecule has 2 aliphatic rings. The van der Waals surface area contributed by atoms with Gasteiger partial charge in [-0.1, -0.05) is 146 Å². The standard InChI is InChI=1S/C44H26/c1-5-17-31-27(13-1)25-28-14-2-6-18-32(28)39(31)41-35-21-9-11-23-37(35)44-42(36-22-10-12-24-38(36)43(41)44)40-33-19-7-3-15-29(33)26-30-16-4-8-20-34(30)40/h1-26H. The monoisotopic (exact) mass is 554 g/mol.